The molecule has 0 aromatic heterocycles. The molecule has 2 rings (SSSR count). The average Bonchev–Trinajstić information content (AvgIpc) is 2.41. The first-order chi connectivity index (χ1) is 9.47. The van der Waals surface area contributed by atoms with Crippen LogP contribution in [0.2, 0.25) is 0 Å². The Morgan fingerprint density at radius 1 is 1.50 bits per heavy atom. The monoisotopic (exact) mass is 341 g/mol. The molecule has 0 spiro atoms. The summed E-state index contributed by atoms with van der Waals surface area (Å²) in [6, 6.07) is 4.55. The molecule has 1 saturated heterocycles. The van der Waals surface area contributed by atoms with E-state index in [9.17, 15) is 0 Å². The highest BCUT2D eigenvalue weighted by atomic mass is 79.9. The Bertz CT molecular complexity index is 478. The molecule has 1 N–H and O–H groups in total. The summed E-state index contributed by atoms with van der Waals surface area (Å²) in [5.74, 6) is 0.890. The molecule has 0 radical (unpaired) electrons. The highest BCUT2D eigenvalue weighted by molar-refractivity contribution is 9.10. The van der Waals surface area contributed by atoms with Crippen LogP contribution in [-0.4, -0.2) is 25.4 Å². The molecule has 0 amide bonds. The molecule has 3 nitrogen and oxygen atoms in total. The van der Waals surface area contributed by atoms with E-state index in [2.05, 4.69) is 48.1 Å². The molecule has 1 aliphatic heterocycles. The Hall–Kier alpha value is -0.740. The van der Waals surface area contributed by atoms with Crippen LogP contribution in [0.3, 0.4) is 0 Å². The maximum atomic E-state index is 5.91. The van der Waals surface area contributed by atoms with Gasteiger partial charge in [-0.15, -0.1) is 0 Å². The molecular weight excluding hydrogens is 318 g/mol. The second-order valence-corrected chi connectivity index (χ2v) is 6.70. The third-order valence-corrected chi connectivity index (χ3v) is 4.63. The van der Waals surface area contributed by atoms with E-state index in [-0.39, 0.29) is 5.60 Å². The van der Waals surface area contributed by atoms with Crippen molar-refractivity contribution in [2.75, 3.05) is 19.0 Å². The number of hydrogen-bond acceptors (Lipinski definition) is 3. The van der Waals surface area contributed by atoms with Gasteiger partial charge in [-0.1, -0.05) is 22.9 Å². The standard InChI is InChI=1S/C16H24BrNO2/c1-5-16(3)10-13(6-7-20-16)18-15-11(2)8-12(17)9-14(15)19-4/h8-9,13,18H,5-7,10H2,1-4H3. The maximum absolute atomic E-state index is 5.91. The number of methoxy groups -OCH3 is 1. The van der Waals surface area contributed by atoms with Crippen LogP contribution in [0.1, 0.15) is 38.7 Å². The molecule has 1 aliphatic rings. The van der Waals surface area contributed by atoms with Crippen molar-refractivity contribution in [3.63, 3.8) is 0 Å². The van der Waals surface area contributed by atoms with E-state index in [1.54, 1.807) is 7.11 Å². The molecule has 0 bridgehead atoms. The summed E-state index contributed by atoms with van der Waals surface area (Å²) in [4.78, 5) is 0. The smallest absolute Gasteiger partial charge is 0.143 e. The minimum absolute atomic E-state index is 0.00752. The summed E-state index contributed by atoms with van der Waals surface area (Å²) >= 11 is 3.51. The molecule has 1 aromatic rings. The summed E-state index contributed by atoms with van der Waals surface area (Å²) < 4.78 is 12.5. The summed E-state index contributed by atoms with van der Waals surface area (Å²) in [5.41, 5.74) is 2.29. The van der Waals surface area contributed by atoms with Crippen LogP contribution < -0.4 is 10.1 Å². The molecule has 0 saturated carbocycles. The van der Waals surface area contributed by atoms with Gasteiger partial charge in [0.25, 0.3) is 0 Å². The van der Waals surface area contributed by atoms with E-state index in [1.807, 2.05) is 6.07 Å². The summed E-state index contributed by atoms with van der Waals surface area (Å²) in [6.45, 7) is 7.31. The Balaban J connectivity index is 2.17. The number of rotatable bonds is 4. The number of nitrogens with one attached hydrogen (secondary N) is 1. The molecule has 20 heavy (non-hydrogen) atoms. The first-order valence-corrected chi connectivity index (χ1v) is 8.01. The van der Waals surface area contributed by atoms with E-state index in [1.165, 1.54) is 5.56 Å². The fourth-order valence-electron chi connectivity index (χ4n) is 2.76. The fourth-order valence-corrected chi connectivity index (χ4v) is 3.31. The van der Waals surface area contributed by atoms with Crippen LogP contribution in [0.5, 0.6) is 5.75 Å². The van der Waals surface area contributed by atoms with Crippen molar-refractivity contribution < 1.29 is 9.47 Å². The lowest BCUT2D eigenvalue weighted by molar-refractivity contribution is -0.0709. The van der Waals surface area contributed by atoms with Gasteiger partial charge in [0.15, 0.2) is 0 Å². The Labute approximate surface area is 130 Å². The minimum Gasteiger partial charge on any atom is -0.495 e. The minimum atomic E-state index is -0.00752. The lowest BCUT2D eigenvalue weighted by Gasteiger charge is -2.38. The fraction of sp³-hybridized carbons (Fsp3) is 0.625. The van der Waals surface area contributed by atoms with Gasteiger partial charge in [0, 0.05) is 17.1 Å². The second-order valence-electron chi connectivity index (χ2n) is 5.79. The van der Waals surface area contributed by atoms with Gasteiger partial charge in [-0.05, 0) is 50.8 Å². The zero-order valence-electron chi connectivity index (χ0n) is 12.8. The van der Waals surface area contributed by atoms with Gasteiger partial charge >= 0.3 is 0 Å². The third-order valence-electron chi connectivity index (χ3n) is 4.18. The van der Waals surface area contributed by atoms with E-state index < -0.39 is 0 Å². The van der Waals surface area contributed by atoms with E-state index in [4.69, 9.17) is 9.47 Å². The van der Waals surface area contributed by atoms with Crippen LogP contribution in [-0.2, 0) is 4.74 Å². The molecule has 1 fully saturated rings. The zero-order chi connectivity index (χ0) is 14.8. The second kappa shape index (κ2) is 6.35. The van der Waals surface area contributed by atoms with E-state index in [0.29, 0.717) is 6.04 Å². The van der Waals surface area contributed by atoms with Crippen molar-refractivity contribution in [2.24, 2.45) is 0 Å². The molecule has 4 heteroatoms. The highest BCUT2D eigenvalue weighted by Gasteiger charge is 2.32. The highest BCUT2D eigenvalue weighted by Crippen LogP contribution is 2.35. The molecule has 1 heterocycles. The van der Waals surface area contributed by atoms with Crippen LogP contribution in [0, 0.1) is 6.92 Å². The van der Waals surface area contributed by atoms with Crippen molar-refractivity contribution in [2.45, 2.75) is 51.7 Å². The van der Waals surface area contributed by atoms with Gasteiger partial charge in [0.1, 0.15) is 5.75 Å². The van der Waals surface area contributed by atoms with E-state index >= 15 is 0 Å². The largest absolute Gasteiger partial charge is 0.495 e. The van der Waals surface area contributed by atoms with Gasteiger partial charge in [0.05, 0.1) is 18.4 Å². The molecule has 2 unspecified atom stereocenters. The average molecular weight is 342 g/mol. The van der Waals surface area contributed by atoms with Crippen LogP contribution in [0.25, 0.3) is 0 Å². The number of ether oxygens (including phenoxy) is 2. The summed E-state index contributed by atoms with van der Waals surface area (Å²) in [7, 11) is 1.71. The van der Waals surface area contributed by atoms with Crippen molar-refractivity contribution in [3.8, 4) is 5.75 Å². The predicted molar refractivity (Wildman–Crippen MR) is 86.7 cm³/mol. The summed E-state index contributed by atoms with van der Waals surface area (Å²) in [6.07, 6.45) is 3.11. The first kappa shape index (κ1) is 15.6. The van der Waals surface area contributed by atoms with Crippen LogP contribution in [0.4, 0.5) is 5.69 Å². The lowest BCUT2D eigenvalue weighted by atomic mass is 9.89. The Morgan fingerprint density at radius 3 is 2.90 bits per heavy atom. The van der Waals surface area contributed by atoms with Crippen LogP contribution >= 0.6 is 15.9 Å². The number of halogens is 1. The molecule has 112 valence electrons. The third kappa shape index (κ3) is 3.47. The molecule has 1 aromatic carbocycles. The van der Waals surface area contributed by atoms with Crippen molar-refractivity contribution in [3.05, 3.63) is 22.2 Å². The molecular formula is C16H24BrNO2. The van der Waals surface area contributed by atoms with Gasteiger partial charge in [-0.25, -0.2) is 0 Å². The number of anilines is 1. The number of benzene rings is 1. The Kier molecular flexibility index (Phi) is 4.97. The normalized spacial score (nSPS) is 26.4. The first-order valence-electron chi connectivity index (χ1n) is 7.22. The van der Waals surface area contributed by atoms with Gasteiger partial charge in [0.2, 0.25) is 0 Å². The zero-order valence-corrected chi connectivity index (χ0v) is 14.3. The number of hydrogen-bond donors (Lipinski definition) is 1. The molecule has 0 aliphatic carbocycles. The summed E-state index contributed by atoms with van der Waals surface area (Å²) in [5, 5.41) is 3.66. The van der Waals surface area contributed by atoms with Gasteiger partial charge in [-0.2, -0.15) is 0 Å². The maximum Gasteiger partial charge on any atom is 0.143 e. The van der Waals surface area contributed by atoms with Gasteiger partial charge in [-0.3, -0.25) is 0 Å². The lowest BCUT2D eigenvalue weighted by Crippen LogP contribution is -2.42. The molecule has 2 atom stereocenters. The van der Waals surface area contributed by atoms with Crippen molar-refractivity contribution >= 4 is 21.6 Å². The quantitative estimate of drug-likeness (QED) is 0.872. The number of aryl methyl sites for hydroxylation is 1. The topological polar surface area (TPSA) is 30.5 Å². The SMILES string of the molecule is CCC1(C)CC(Nc2c(C)cc(Br)cc2OC)CCO1. The van der Waals surface area contributed by atoms with Crippen molar-refractivity contribution in [1.82, 2.24) is 0 Å². The van der Waals surface area contributed by atoms with E-state index in [0.717, 1.165) is 41.8 Å². The van der Waals surface area contributed by atoms with Gasteiger partial charge < -0.3 is 14.8 Å². The van der Waals surface area contributed by atoms with Crippen LogP contribution in [0.15, 0.2) is 16.6 Å². The van der Waals surface area contributed by atoms with Crippen molar-refractivity contribution in [1.29, 1.82) is 0 Å². The Morgan fingerprint density at radius 2 is 2.25 bits per heavy atom. The predicted octanol–water partition coefficient (Wildman–Crippen LogP) is 4.53.